The van der Waals surface area contributed by atoms with Crippen molar-refractivity contribution < 1.29 is 33.6 Å². The van der Waals surface area contributed by atoms with Crippen molar-refractivity contribution in [2.24, 2.45) is 0 Å². The molecule has 0 aliphatic heterocycles. The number of hydrogen-bond acceptors (Lipinski definition) is 9. The molecule has 0 saturated carbocycles. The molecule has 0 spiro atoms. The largest absolute Gasteiger partial charge is 0.465 e. The molecule has 140 valence electrons. The van der Waals surface area contributed by atoms with Gasteiger partial charge in [-0.1, -0.05) is 0 Å². The summed E-state index contributed by atoms with van der Waals surface area (Å²) < 4.78 is 14.7. The average molecular weight is 376 g/mol. The SMILES string of the molecule is COC(=O)c1cc([N+](=O)[O-])ccc1Oc1ccc([N+](=O)[O-])cc1C(=O)OC. The maximum absolute atomic E-state index is 11.9. The molecule has 0 aliphatic rings. The molecular weight excluding hydrogens is 364 g/mol. The Hall–Kier alpha value is -4.02. The predicted molar refractivity (Wildman–Crippen MR) is 88.9 cm³/mol. The number of benzene rings is 2. The summed E-state index contributed by atoms with van der Waals surface area (Å²) in [5.74, 6) is -2.11. The summed E-state index contributed by atoms with van der Waals surface area (Å²) >= 11 is 0. The first-order valence-corrected chi connectivity index (χ1v) is 7.19. The maximum Gasteiger partial charge on any atom is 0.341 e. The van der Waals surface area contributed by atoms with Crippen LogP contribution in [0.2, 0.25) is 0 Å². The Morgan fingerprint density at radius 3 is 1.44 bits per heavy atom. The molecule has 0 unspecified atom stereocenters. The summed E-state index contributed by atoms with van der Waals surface area (Å²) in [4.78, 5) is 44.2. The van der Waals surface area contributed by atoms with Crippen LogP contribution in [0.25, 0.3) is 0 Å². The minimum absolute atomic E-state index is 0.147. The van der Waals surface area contributed by atoms with E-state index in [-0.39, 0.29) is 34.0 Å². The number of non-ortho nitro benzene ring substituents is 2. The number of carbonyl (C=O) groups excluding carboxylic acids is 2. The number of hydrogen-bond donors (Lipinski definition) is 0. The maximum atomic E-state index is 11.9. The Labute approximate surface area is 151 Å². The number of nitrogens with zero attached hydrogens (tertiary/aromatic N) is 2. The van der Waals surface area contributed by atoms with Crippen molar-refractivity contribution in [2.45, 2.75) is 0 Å². The van der Waals surface area contributed by atoms with Crippen molar-refractivity contribution in [3.05, 3.63) is 67.8 Å². The summed E-state index contributed by atoms with van der Waals surface area (Å²) in [6, 6.07) is 6.37. The van der Waals surface area contributed by atoms with Crippen molar-refractivity contribution in [1.29, 1.82) is 0 Å². The quantitative estimate of drug-likeness (QED) is 0.421. The molecule has 0 heterocycles. The second-order valence-electron chi connectivity index (χ2n) is 4.96. The lowest BCUT2D eigenvalue weighted by Gasteiger charge is -2.12. The van der Waals surface area contributed by atoms with Crippen LogP contribution < -0.4 is 4.74 Å². The number of nitro groups is 2. The van der Waals surface area contributed by atoms with Crippen molar-refractivity contribution >= 4 is 23.3 Å². The molecule has 0 N–H and O–H groups in total. The molecular formula is C16H12N2O9. The van der Waals surface area contributed by atoms with Gasteiger partial charge in [0.05, 0.1) is 24.1 Å². The van der Waals surface area contributed by atoms with Gasteiger partial charge < -0.3 is 14.2 Å². The second-order valence-corrected chi connectivity index (χ2v) is 4.96. The van der Waals surface area contributed by atoms with E-state index in [2.05, 4.69) is 9.47 Å². The molecule has 2 rings (SSSR count). The molecule has 27 heavy (non-hydrogen) atoms. The number of nitro benzene ring substituents is 2. The number of rotatable bonds is 6. The van der Waals surface area contributed by atoms with Crippen LogP contribution in [0.1, 0.15) is 20.7 Å². The molecule has 0 aromatic heterocycles. The van der Waals surface area contributed by atoms with Crippen LogP contribution in [0.15, 0.2) is 36.4 Å². The molecule has 11 nitrogen and oxygen atoms in total. The summed E-state index contributed by atoms with van der Waals surface area (Å²) in [6.45, 7) is 0. The van der Waals surface area contributed by atoms with Gasteiger partial charge in [-0.25, -0.2) is 9.59 Å². The van der Waals surface area contributed by atoms with Crippen LogP contribution in [0.3, 0.4) is 0 Å². The first-order valence-electron chi connectivity index (χ1n) is 7.19. The van der Waals surface area contributed by atoms with Crippen molar-refractivity contribution in [3.63, 3.8) is 0 Å². The van der Waals surface area contributed by atoms with E-state index in [1.165, 1.54) is 0 Å². The van der Waals surface area contributed by atoms with E-state index in [9.17, 15) is 29.8 Å². The Morgan fingerprint density at radius 1 is 0.778 bits per heavy atom. The lowest BCUT2D eigenvalue weighted by Crippen LogP contribution is -2.08. The average Bonchev–Trinajstić information content (AvgIpc) is 2.66. The highest BCUT2D eigenvalue weighted by atomic mass is 16.6. The molecule has 0 saturated heterocycles. The van der Waals surface area contributed by atoms with Crippen LogP contribution in [-0.4, -0.2) is 36.0 Å². The lowest BCUT2D eigenvalue weighted by molar-refractivity contribution is -0.385. The molecule has 0 bridgehead atoms. The topological polar surface area (TPSA) is 148 Å². The molecule has 2 aromatic rings. The fraction of sp³-hybridized carbons (Fsp3) is 0.125. The molecule has 0 atom stereocenters. The van der Waals surface area contributed by atoms with E-state index in [4.69, 9.17) is 4.74 Å². The standard InChI is InChI=1S/C16H12N2O9/c1-25-15(19)11-7-9(17(21)22)3-5-13(11)27-14-6-4-10(18(23)24)8-12(14)16(20)26-2/h3-8H,1-2H3. The van der Waals surface area contributed by atoms with Gasteiger partial charge in [-0.05, 0) is 12.1 Å². The summed E-state index contributed by atoms with van der Waals surface area (Å²) in [5.41, 5.74) is -1.28. The fourth-order valence-corrected chi connectivity index (χ4v) is 2.10. The summed E-state index contributed by atoms with van der Waals surface area (Å²) in [5, 5.41) is 21.8. The van der Waals surface area contributed by atoms with Gasteiger partial charge in [0.2, 0.25) is 0 Å². The van der Waals surface area contributed by atoms with Gasteiger partial charge in [0.25, 0.3) is 11.4 Å². The number of esters is 2. The van der Waals surface area contributed by atoms with E-state index >= 15 is 0 Å². The third kappa shape index (κ3) is 4.15. The van der Waals surface area contributed by atoms with Gasteiger partial charge in [-0.15, -0.1) is 0 Å². The molecule has 0 amide bonds. The van der Waals surface area contributed by atoms with Gasteiger partial charge >= 0.3 is 11.9 Å². The predicted octanol–water partition coefficient (Wildman–Crippen LogP) is 2.87. The molecule has 0 aliphatic carbocycles. The molecule has 11 heteroatoms. The lowest BCUT2D eigenvalue weighted by atomic mass is 10.1. The van der Waals surface area contributed by atoms with E-state index < -0.39 is 21.8 Å². The van der Waals surface area contributed by atoms with Gasteiger partial charge in [0.1, 0.15) is 22.6 Å². The molecule has 2 aromatic carbocycles. The van der Waals surface area contributed by atoms with E-state index in [1.54, 1.807) is 0 Å². The highest BCUT2D eigenvalue weighted by molar-refractivity contribution is 5.95. The number of carbonyl (C=O) groups is 2. The summed E-state index contributed by atoms with van der Waals surface area (Å²) in [7, 11) is 2.16. The van der Waals surface area contributed by atoms with Crippen LogP contribution in [-0.2, 0) is 9.47 Å². The van der Waals surface area contributed by atoms with Crippen LogP contribution in [0.4, 0.5) is 11.4 Å². The minimum atomic E-state index is -0.907. The first kappa shape index (κ1) is 19.3. The van der Waals surface area contributed by atoms with Crippen molar-refractivity contribution in [1.82, 2.24) is 0 Å². The van der Waals surface area contributed by atoms with Crippen molar-refractivity contribution in [3.8, 4) is 11.5 Å². The third-order valence-electron chi connectivity index (χ3n) is 3.38. The first-order chi connectivity index (χ1) is 12.8. The minimum Gasteiger partial charge on any atom is -0.465 e. The highest BCUT2D eigenvalue weighted by Gasteiger charge is 2.23. The van der Waals surface area contributed by atoms with Gasteiger partial charge in [0, 0.05) is 24.3 Å². The van der Waals surface area contributed by atoms with E-state index in [0.29, 0.717) is 0 Å². The van der Waals surface area contributed by atoms with Crippen LogP contribution in [0, 0.1) is 20.2 Å². The van der Waals surface area contributed by atoms with Crippen LogP contribution in [0.5, 0.6) is 11.5 Å². The normalized spacial score (nSPS) is 10.0. The number of ether oxygens (including phenoxy) is 3. The Morgan fingerprint density at radius 2 is 1.15 bits per heavy atom. The Kier molecular flexibility index (Phi) is 5.65. The monoisotopic (exact) mass is 376 g/mol. The third-order valence-corrected chi connectivity index (χ3v) is 3.38. The van der Waals surface area contributed by atoms with Crippen molar-refractivity contribution in [2.75, 3.05) is 14.2 Å². The number of methoxy groups -OCH3 is 2. The van der Waals surface area contributed by atoms with Gasteiger partial charge in [-0.2, -0.15) is 0 Å². The van der Waals surface area contributed by atoms with Gasteiger partial charge in [0.15, 0.2) is 0 Å². The van der Waals surface area contributed by atoms with Gasteiger partial charge in [-0.3, -0.25) is 20.2 Å². The zero-order chi connectivity index (χ0) is 20.1. The summed E-state index contributed by atoms with van der Waals surface area (Å²) in [6.07, 6.45) is 0. The second kappa shape index (κ2) is 7.91. The Bertz CT molecular complexity index is 864. The van der Waals surface area contributed by atoms with E-state index in [1.807, 2.05) is 0 Å². The molecule has 0 radical (unpaired) electrons. The smallest absolute Gasteiger partial charge is 0.341 e. The highest BCUT2D eigenvalue weighted by Crippen LogP contribution is 2.33. The molecule has 0 fully saturated rings. The zero-order valence-electron chi connectivity index (χ0n) is 14.0. The fourth-order valence-electron chi connectivity index (χ4n) is 2.10. The Balaban J connectivity index is 2.56. The zero-order valence-corrected chi connectivity index (χ0v) is 14.0. The van der Waals surface area contributed by atoms with Crippen LogP contribution >= 0.6 is 0 Å². The van der Waals surface area contributed by atoms with E-state index in [0.717, 1.165) is 50.6 Å².